The number of amides is 1. The predicted molar refractivity (Wildman–Crippen MR) is 137 cm³/mol. The molecular formula is C28H29N5O2. The molecule has 2 aromatic carbocycles. The maximum atomic E-state index is 13.3. The first kappa shape index (κ1) is 22.7. The van der Waals surface area contributed by atoms with Crippen molar-refractivity contribution in [3.05, 3.63) is 89.4 Å². The van der Waals surface area contributed by atoms with Crippen molar-refractivity contribution in [1.29, 1.82) is 0 Å². The second-order valence-electron chi connectivity index (χ2n) is 9.06. The van der Waals surface area contributed by atoms with Crippen molar-refractivity contribution in [3.8, 4) is 17.0 Å². The van der Waals surface area contributed by atoms with Gasteiger partial charge in [-0.05, 0) is 86.5 Å². The molecule has 1 saturated carbocycles. The van der Waals surface area contributed by atoms with Crippen LogP contribution < -0.4 is 15.4 Å². The van der Waals surface area contributed by atoms with Crippen LogP contribution in [0.1, 0.15) is 40.0 Å². The fraction of sp³-hybridized carbons (Fsp3) is 0.250. The number of ether oxygens (including phenoxy) is 1. The second kappa shape index (κ2) is 9.25. The lowest BCUT2D eigenvalue weighted by Gasteiger charge is -2.21. The van der Waals surface area contributed by atoms with Gasteiger partial charge < -0.3 is 15.4 Å². The Kier molecular flexibility index (Phi) is 5.99. The summed E-state index contributed by atoms with van der Waals surface area (Å²) in [5.41, 5.74) is 5.99. The zero-order valence-corrected chi connectivity index (χ0v) is 20.2. The number of aromatic nitrogens is 3. The summed E-state index contributed by atoms with van der Waals surface area (Å²) in [6.45, 7) is 4.99. The molecule has 0 saturated heterocycles. The zero-order valence-electron chi connectivity index (χ0n) is 20.2. The average molecular weight is 468 g/mol. The fourth-order valence-corrected chi connectivity index (χ4v) is 4.25. The van der Waals surface area contributed by atoms with Gasteiger partial charge in [0.15, 0.2) is 0 Å². The molecule has 2 aromatic heterocycles. The molecule has 0 bridgehead atoms. The first-order valence-corrected chi connectivity index (χ1v) is 11.8. The number of carbonyl (C=O) groups is 1. The van der Waals surface area contributed by atoms with Gasteiger partial charge in [-0.2, -0.15) is 5.10 Å². The maximum Gasteiger partial charge on any atom is 0.252 e. The molecule has 1 fully saturated rings. The van der Waals surface area contributed by atoms with Gasteiger partial charge in [0.2, 0.25) is 0 Å². The highest BCUT2D eigenvalue weighted by molar-refractivity contribution is 5.98. The van der Waals surface area contributed by atoms with E-state index in [0.29, 0.717) is 11.3 Å². The zero-order chi connectivity index (χ0) is 24.4. The topological polar surface area (TPSA) is 91.9 Å². The van der Waals surface area contributed by atoms with E-state index in [-0.39, 0.29) is 5.91 Å². The highest BCUT2D eigenvalue weighted by atomic mass is 16.5. The van der Waals surface area contributed by atoms with Crippen molar-refractivity contribution in [2.24, 2.45) is 0 Å². The Morgan fingerprint density at radius 1 is 1.11 bits per heavy atom. The Morgan fingerprint density at radius 2 is 1.89 bits per heavy atom. The quantitative estimate of drug-likeness (QED) is 0.393. The van der Waals surface area contributed by atoms with Gasteiger partial charge in [0.05, 0.1) is 23.9 Å². The number of hydrogen-bond donors (Lipinski definition) is 3. The molecule has 35 heavy (non-hydrogen) atoms. The van der Waals surface area contributed by atoms with E-state index in [2.05, 4.69) is 50.1 Å². The minimum Gasteiger partial charge on any atom is -0.497 e. The van der Waals surface area contributed by atoms with Crippen LogP contribution in [-0.4, -0.2) is 34.7 Å². The molecule has 4 aromatic rings. The first-order chi connectivity index (χ1) is 17.0. The van der Waals surface area contributed by atoms with E-state index in [4.69, 9.17) is 4.74 Å². The molecule has 1 aliphatic heterocycles. The first-order valence-electron chi connectivity index (χ1n) is 11.8. The molecule has 0 spiro atoms. The van der Waals surface area contributed by atoms with Gasteiger partial charge in [-0.25, -0.2) is 0 Å². The summed E-state index contributed by atoms with van der Waals surface area (Å²) in [5, 5.41) is 14.7. The number of hydrogen-bond acceptors (Lipinski definition) is 5. The number of rotatable bonds is 5. The number of aryl methyl sites for hydroxylation is 2. The Balaban J connectivity index is 0.000000577. The highest BCUT2D eigenvalue weighted by Crippen LogP contribution is 2.49. The van der Waals surface area contributed by atoms with Gasteiger partial charge in [-0.1, -0.05) is 12.1 Å². The van der Waals surface area contributed by atoms with Gasteiger partial charge in [-0.15, -0.1) is 0 Å². The van der Waals surface area contributed by atoms with Crippen LogP contribution in [0.15, 0.2) is 67.0 Å². The summed E-state index contributed by atoms with van der Waals surface area (Å²) in [6, 6.07) is 15.8. The number of pyridine rings is 1. The van der Waals surface area contributed by atoms with Crippen LogP contribution in [0.3, 0.4) is 0 Å². The molecular weight excluding hydrogens is 438 g/mol. The molecule has 1 aliphatic carbocycles. The minimum absolute atomic E-state index is 0.0908. The molecule has 7 nitrogen and oxygen atoms in total. The van der Waals surface area contributed by atoms with Crippen molar-refractivity contribution >= 4 is 16.8 Å². The normalized spacial score (nSPS) is 14.8. The summed E-state index contributed by atoms with van der Waals surface area (Å²) in [6.07, 6.45) is 7.56. The average Bonchev–Trinajstić information content (AvgIpc) is 3.47. The summed E-state index contributed by atoms with van der Waals surface area (Å²) in [5.74, 6) is 0.582. The molecule has 3 N–H and O–H groups in total. The maximum absolute atomic E-state index is 13.3. The molecule has 7 heteroatoms. The van der Waals surface area contributed by atoms with Gasteiger partial charge in [0, 0.05) is 34.9 Å². The van der Waals surface area contributed by atoms with Crippen LogP contribution in [0.2, 0.25) is 0 Å². The van der Waals surface area contributed by atoms with Crippen LogP contribution in [0.5, 0.6) is 5.75 Å². The fourth-order valence-electron chi connectivity index (χ4n) is 4.25. The van der Waals surface area contributed by atoms with E-state index < -0.39 is 5.54 Å². The molecule has 2 aliphatic rings. The number of methoxy groups -OCH3 is 1. The number of H-pyrrole nitrogens is 1. The van der Waals surface area contributed by atoms with E-state index in [9.17, 15) is 4.79 Å². The standard InChI is InChI=1S/C25H24N4O2.C3H5N/c1-15-6-7-18(31-3)14-20(15)24(30)27-25(8-9-25)21-12-17(22-11-16(2)28-29-22)13-23-19(21)5-4-10-26-23;1-2-4-3-1/h4-7,10-14H,8-9H2,1-3H3,(H,27,30)(H,28,29);1-2,4H,3H2. The van der Waals surface area contributed by atoms with Crippen molar-refractivity contribution in [3.63, 3.8) is 0 Å². The van der Waals surface area contributed by atoms with Crippen molar-refractivity contribution in [2.45, 2.75) is 32.2 Å². The number of fused-ring (bicyclic) bond motifs is 1. The third kappa shape index (κ3) is 4.62. The third-order valence-corrected chi connectivity index (χ3v) is 6.50. The summed E-state index contributed by atoms with van der Waals surface area (Å²) in [4.78, 5) is 17.8. The molecule has 1 amide bonds. The van der Waals surface area contributed by atoms with Gasteiger partial charge in [-0.3, -0.25) is 14.9 Å². The number of nitrogens with one attached hydrogen (secondary N) is 3. The van der Waals surface area contributed by atoms with E-state index >= 15 is 0 Å². The van der Waals surface area contributed by atoms with Gasteiger partial charge >= 0.3 is 0 Å². The minimum atomic E-state index is -0.407. The van der Waals surface area contributed by atoms with E-state index in [1.165, 1.54) is 0 Å². The molecule has 178 valence electrons. The van der Waals surface area contributed by atoms with E-state index in [0.717, 1.165) is 58.4 Å². The van der Waals surface area contributed by atoms with Crippen LogP contribution in [0.4, 0.5) is 0 Å². The van der Waals surface area contributed by atoms with Crippen LogP contribution in [0, 0.1) is 13.8 Å². The number of benzene rings is 2. The lowest BCUT2D eigenvalue weighted by atomic mass is 9.94. The summed E-state index contributed by atoms with van der Waals surface area (Å²) in [7, 11) is 1.61. The van der Waals surface area contributed by atoms with E-state index in [1.807, 2.05) is 44.3 Å². The number of carbonyl (C=O) groups excluding carboxylic acids is 1. The Labute approximate surface area is 204 Å². The van der Waals surface area contributed by atoms with E-state index in [1.54, 1.807) is 19.4 Å². The SMILES string of the molecule is C1=CNC1.COc1ccc(C)c(C(=O)NC2(c3cc(-c4cc(C)[nH]n4)cc4ncccc34)CC2)c1. The van der Waals surface area contributed by atoms with Crippen molar-refractivity contribution in [1.82, 2.24) is 25.8 Å². The van der Waals surface area contributed by atoms with Crippen LogP contribution >= 0.6 is 0 Å². The Bertz CT molecular complexity index is 1410. The van der Waals surface area contributed by atoms with Gasteiger partial charge in [0.25, 0.3) is 5.91 Å². The molecule has 0 unspecified atom stereocenters. The number of aromatic amines is 1. The van der Waals surface area contributed by atoms with Crippen molar-refractivity contribution in [2.75, 3.05) is 13.7 Å². The van der Waals surface area contributed by atoms with Crippen LogP contribution in [0.25, 0.3) is 22.2 Å². The Morgan fingerprint density at radius 3 is 2.51 bits per heavy atom. The molecule has 0 atom stereocenters. The second-order valence-corrected chi connectivity index (χ2v) is 9.06. The van der Waals surface area contributed by atoms with Gasteiger partial charge in [0.1, 0.15) is 5.75 Å². The van der Waals surface area contributed by atoms with Crippen molar-refractivity contribution < 1.29 is 9.53 Å². The molecule has 3 heterocycles. The summed E-state index contributed by atoms with van der Waals surface area (Å²) >= 11 is 0. The Hall–Kier alpha value is -4.13. The summed E-state index contributed by atoms with van der Waals surface area (Å²) < 4.78 is 5.32. The monoisotopic (exact) mass is 467 g/mol. The molecule has 0 radical (unpaired) electrons. The smallest absolute Gasteiger partial charge is 0.252 e. The largest absolute Gasteiger partial charge is 0.497 e. The molecule has 6 rings (SSSR count). The predicted octanol–water partition coefficient (Wildman–Crippen LogP) is 4.77. The lowest BCUT2D eigenvalue weighted by molar-refractivity contribution is 0.0930. The highest BCUT2D eigenvalue weighted by Gasteiger charge is 2.47. The lowest BCUT2D eigenvalue weighted by Crippen LogP contribution is -2.35. The number of nitrogens with zero attached hydrogens (tertiary/aromatic N) is 2. The third-order valence-electron chi connectivity index (χ3n) is 6.50. The van der Waals surface area contributed by atoms with Crippen LogP contribution in [-0.2, 0) is 5.54 Å².